The Labute approximate surface area is 221 Å². The second-order valence-corrected chi connectivity index (χ2v) is 8.52. The SMILES string of the molecule is CCNc1ncnc2c1ncn2[C@@H]1O[C@H](COS(=O)(=O)[N-]C(=O)c2ccccc2O)[C@@H](O)[C@H]1O.[Na+]. The fourth-order valence-electron chi connectivity index (χ4n) is 3.42. The molecular weight excluding hydrogens is 495 g/mol. The second kappa shape index (κ2) is 11.1. The van der Waals surface area contributed by atoms with Crippen LogP contribution >= 0.6 is 0 Å². The van der Waals surface area contributed by atoms with Gasteiger partial charge in [0.05, 0.1) is 18.8 Å². The zero-order valence-corrected chi connectivity index (χ0v) is 21.5. The number of phenols is 1. The van der Waals surface area contributed by atoms with E-state index in [0.29, 0.717) is 23.5 Å². The van der Waals surface area contributed by atoms with Crippen molar-refractivity contribution in [1.29, 1.82) is 0 Å². The molecule has 1 aliphatic rings. The third kappa shape index (κ3) is 5.73. The van der Waals surface area contributed by atoms with Crippen LogP contribution in [0, 0.1) is 0 Å². The molecule has 0 unspecified atom stereocenters. The third-order valence-electron chi connectivity index (χ3n) is 5.02. The average Bonchev–Trinajstić information content (AvgIpc) is 3.34. The molecule has 1 saturated heterocycles. The standard InChI is InChI=1S/C19H22N6O8S.Na/c1-2-20-16-13-17(22-8-21-16)25(9-23-13)19-15(28)14(27)12(33-19)7-32-34(30,31)24-18(29)10-5-3-4-6-11(10)26;/h3-6,8-9,12,14-15,19,27-28H,2,7H2,1H3,(H3,20,21,22,24,26,29);/q;+1/p-1/t12-,14-,15-,19-;/m1./s1. The van der Waals surface area contributed by atoms with E-state index < -0.39 is 53.1 Å². The van der Waals surface area contributed by atoms with Crippen LogP contribution in [0.15, 0.2) is 36.9 Å². The van der Waals surface area contributed by atoms with Crippen LogP contribution in [0.25, 0.3) is 15.9 Å². The second-order valence-electron chi connectivity index (χ2n) is 7.25. The number of rotatable bonds is 8. The van der Waals surface area contributed by atoms with Gasteiger partial charge in [-0.1, -0.05) is 12.1 Å². The number of aliphatic hydroxyl groups excluding tert-OH is 2. The summed E-state index contributed by atoms with van der Waals surface area (Å²) in [5.41, 5.74) is 0.409. The predicted octanol–water partition coefficient (Wildman–Crippen LogP) is -2.94. The summed E-state index contributed by atoms with van der Waals surface area (Å²) in [5.74, 6) is -1.20. The van der Waals surface area contributed by atoms with Gasteiger partial charge >= 0.3 is 29.6 Å². The number of aromatic nitrogens is 4. The number of phenolic OH excluding ortho intramolecular Hbond substituents is 1. The Kier molecular flexibility index (Phi) is 8.66. The van der Waals surface area contributed by atoms with Gasteiger partial charge in [0.15, 0.2) is 23.2 Å². The minimum absolute atomic E-state index is 0. The van der Waals surface area contributed by atoms with Crippen molar-refractivity contribution in [3.8, 4) is 5.75 Å². The zero-order valence-electron chi connectivity index (χ0n) is 18.7. The van der Waals surface area contributed by atoms with Gasteiger partial charge in [-0.05, 0) is 19.1 Å². The van der Waals surface area contributed by atoms with Crippen LogP contribution < -0.4 is 34.9 Å². The summed E-state index contributed by atoms with van der Waals surface area (Å²) in [6.45, 7) is 1.73. The molecular formula is C19H21N6NaO8S. The predicted molar refractivity (Wildman–Crippen MR) is 116 cm³/mol. The molecule has 4 atom stereocenters. The molecule has 1 aliphatic heterocycles. The minimum atomic E-state index is -4.75. The summed E-state index contributed by atoms with van der Waals surface area (Å²) < 4.78 is 39.0. The van der Waals surface area contributed by atoms with Gasteiger partial charge in [-0.25, -0.2) is 23.4 Å². The minimum Gasteiger partial charge on any atom is -0.518 e. The van der Waals surface area contributed by atoms with Gasteiger partial charge in [-0.15, -0.1) is 0 Å². The first kappa shape index (κ1) is 27.2. The molecule has 1 amide bonds. The van der Waals surface area contributed by atoms with Gasteiger partial charge in [0.1, 0.15) is 30.4 Å². The van der Waals surface area contributed by atoms with E-state index in [9.17, 15) is 28.5 Å². The van der Waals surface area contributed by atoms with Gasteiger partial charge in [0.2, 0.25) is 10.3 Å². The first-order valence-corrected chi connectivity index (χ1v) is 11.5. The molecule has 3 aromatic rings. The van der Waals surface area contributed by atoms with E-state index in [1.807, 2.05) is 6.92 Å². The molecule has 16 heteroatoms. The zero-order chi connectivity index (χ0) is 24.5. The maximum atomic E-state index is 12.1. The number of imidazole rings is 1. The number of carbonyl (C=O) groups excluding carboxylic acids is 1. The summed E-state index contributed by atoms with van der Waals surface area (Å²) in [6, 6.07) is 5.27. The number of benzene rings is 1. The average molecular weight is 516 g/mol. The summed E-state index contributed by atoms with van der Waals surface area (Å²) in [4.78, 5) is 24.5. The van der Waals surface area contributed by atoms with Crippen molar-refractivity contribution < 1.29 is 67.0 Å². The number of hydrogen-bond acceptors (Lipinski definition) is 12. The van der Waals surface area contributed by atoms with Crippen LogP contribution in [0.1, 0.15) is 23.5 Å². The van der Waals surface area contributed by atoms with Crippen molar-refractivity contribution in [2.24, 2.45) is 0 Å². The number of para-hydroxylation sites is 1. The Hall–Kier alpha value is -2.37. The Morgan fingerprint density at radius 1 is 1.23 bits per heavy atom. The van der Waals surface area contributed by atoms with Crippen molar-refractivity contribution in [1.82, 2.24) is 19.5 Å². The van der Waals surface area contributed by atoms with Gasteiger partial charge in [0, 0.05) is 12.1 Å². The van der Waals surface area contributed by atoms with Crippen molar-refractivity contribution >= 4 is 33.2 Å². The van der Waals surface area contributed by atoms with Crippen molar-refractivity contribution in [3.05, 3.63) is 47.2 Å². The molecule has 0 spiro atoms. The number of hydrogen-bond donors (Lipinski definition) is 4. The number of anilines is 1. The molecule has 14 nitrogen and oxygen atoms in total. The van der Waals surface area contributed by atoms with E-state index in [1.165, 1.54) is 41.5 Å². The van der Waals surface area contributed by atoms with Crippen molar-refractivity contribution in [2.45, 2.75) is 31.5 Å². The Morgan fingerprint density at radius 3 is 2.69 bits per heavy atom. The van der Waals surface area contributed by atoms with Gasteiger partial charge in [-0.2, -0.15) is 0 Å². The first-order valence-electron chi connectivity index (χ1n) is 10.1. The fourth-order valence-corrected chi connectivity index (χ4v) is 4.08. The molecule has 0 radical (unpaired) electrons. The van der Waals surface area contributed by atoms with Crippen LogP contribution in [0.2, 0.25) is 0 Å². The maximum Gasteiger partial charge on any atom is 1.00 e. The van der Waals surface area contributed by atoms with Gasteiger partial charge in [0.25, 0.3) is 0 Å². The molecule has 0 saturated carbocycles. The quantitative estimate of drug-likeness (QED) is 0.222. The number of aromatic hydroxyl groups is 1. The number of fused-ring (bicyclic) bond motifs is 1. The summed E-state index contributed by atoms with van der Waals surface area (Å²) in [6.07, 6.45) is -2.78. The Morgan fingerprint density at radius 2 is 1.97 bits per heavy atom. The Bertz CT molecular complexity index is 1310. The van der Waals surface area contributed by atoms with E-state index in [2.05, 4.69) is 25.0 Å². The van der Waals surface area contributed by atoms with E-state index >= 15 is 0 Å². The molecule has 182 valence electrons. The topological polar surface area (TPSA) is 200 Å². The number of aliphatic hydroxyl groups is 2. The number of amides is 1. The normalized spacial score (nSPS) is 22.0. The summed E-state index contributed by atoms with van der Waals surface area (Å²) >= 11 is 0. The number of nitrogens with one attached hydrogen (secondary N) is 1. The molecule has 35 heavy (non-hydrogen) atoms. The van der Waals surface area contributed by atoms with Crippen LogP contribution in [-0.2, 0) is 19.2 Å². The molecule has 4 rings (SSSR count). The summed E-state index contributed by atoms with van der Waals surface area (Å²) in [7, 11) is -4.75. The number of nitrogens with zero attached hydrogens (tertiary/aromatic N) is 5. The molecule has 2 aromatic heterocycles. The van der Waals surface area contributed by atoms with Crippen LogP contribution in [-0.4, -0.2) is 80.6 Å². The fraction of sp³-hybridized carbons (Fsp3) is 0.368. The number of carbonyl (C=O) groups is 1. The summed E-state index contributed by atoms with van der Waals surface area (Å²) in [5, 5.41) is 33.6. The Balaban J connectivity index is 0.00000342. The van der Waals surface area contributed by atoms with Crippen molar-refractivity contribution in [3.63, 3.8) is 0 Å². The molecule has 0 aliphatic carbocycles. The molecule has 1 aromatic carbocycles. The van der Waals surface area contributed by atoms with Gasteiger partial charge < -0.3 is 34.9 Å². The van der Waals surface area contributed by atoms with E-state index in [4.69, 9.17) is 8.92 Å². The first-order chi connectivity index (χ1) is 16.2. The molecule has 4 N–H and O–H groups in total. The third-order valence-corrected chi connectivity index (χ3v) is 5.85. The largest absolute Gasteiger partial charge is 1.00 e. The van der Waals surface area contributed by atoms with Crippen molar-refractivity contribution in [2.75, 3.05) is 18.5 Å². The van der Waals surface area contributed by atoms with Crippen LogP contribution in [0.3, 0.4) is 0 Å². The van der Waals surface area contributed by atoms with E-state index in [0.717, 1.165) is 0 Å². The smallest absolute Gasteiger partial charge is 0.518 e. The van der Waals surface area contributed by atoms with Crippen LogP contribution in [0.5, 0.6) is 5.75 Å². The number of ether oxygens (including phenoxy) is 1. The monoisotopic (exact) mass is 516 g/mol. The molecule has 3 heterocycles. The van der Waals surface area contributed by atoms with E-state index in [-0.39, 0.29) is 35.1 Å². The molecule has 1 fully saturated rings. The van der Waals surface area contributed by atoms with Gasteiger partial charge in [-0.3, -0.25) is 8.75 Å². The maximum absolute atomic E-state index is 12.1. The molecule has 0 bridgehead atoms. The van der Waals surface area contributed by atoms with Crippen LogP contribution in [0.4, 0.5) is 5.82 Å². The van der Waals surface area contributed by atoms with E-state index in [1.54, 1.807) is 0 Å².